The summed E-state index contributed by atoms with van der Waals surface area (Å²) in [5.41, 5.74) is 2.05. The average Bonchev–Trinajstić information content (AvgIpc) is 2.85. The number of hydrogen-bond donors (Lipinski definition) is 0. The Balaban J connectivity index is 1.55. The maximum absolute atomic E-state index is 13.0. The number of ketones is 1. The third-order valence-corrected chi connectivity index (χ3v) is 6.52. The number of rotatable bonds is 12. The molecule has 0 heterocycles. The molecule has 0 radical (unpaired) electrons. The molecule has 0 saturated heterocycles. The molecule has 0 aromatic heterocycles. The van der Waals surface area contributed by atoms with Crippen LogP contribution in [-0.4, -0.2) is 36.8 Å². The van der Waals surface area contributed by atoms with Crippen molar-refractivity contribution in [2.75, 3.05) is 19.0 Å². The Bertz CT molecular complexity index is 1150. The van der Waals surface area contributed by atoms with E-state index in [0.717, 1.165) is 16.2 Å². The first kappa shape index (κ1) is 26.6. The summed E-state index contributed by atoms with van der Waals surface area (Å²) in [5, 5.41) is 0.479. The SMILES string of the molecule is CCOC(=O)CSc1ccc(OCCC(C)Oc2ccc(Cl)cc2C(=O)c2ccccc2)cc1C. The van der Waals surface area contributed by atoms with Gasteiger partial charge in [-0.1, -0.05) is 41.9 Å². The molecule has 0 saturated carbocycles. The van der Waals surface area contributed by atoms with Gasteiger partial charge >= 0.3 is 5.97 Å². The summed E-state index contributed by atoms with van der Waals surface area (Å²) in [6, 6.07) is 19.9. The Labute approximate surface area is 215 Å². The molecule has 0 aliphatic carbocycles. The number of halogens is 1. The molecule has 0 amide bonds. The molecule has 0 N–H and O–H groups in total. The first-order valence-electron chi connectivity index (χ1n) is 11.4. The maximum Gasteiger partial charge on any atom is 0.316 e. The summed E-state index contributed by atoms with van der Waals surface area (Å²) in [6.07, 6.45) is 0.444. The van der Waals surface area contributed by atoms with Gasteiger partial charge in [0.25, 0.3) is 0 Å². The highest BCUT2D eigenvalue weighted by molar-refractivity contribution is 8.00. The third kappa shape index (κ3) is 8.05. The van der Waals surface area contributed by atoms with Crippen LogP contribution in [0.4, 0.5) is 0 Å². The molecule has 0 aliphatic heterocycles. The first-order chi connectivity index (χ1) is 16.9. The Morgan fingerprint density at radius 1 is 1.03 bits per heavy atom. The number of aryl methyl sites for hydroxylation is 1. The molecule has 0 fully saturated rings. The van der Waals surface area contributed by atoms with Gasteiger partial charge in [-0.25, -0.2) is 0 Å². The molecule has 3 aromatic carbocycles. The summed E-state index contributed by atoms with van der Waals surface area (Å²) < 4.78 is 17.0. The van der Waals surface area contributed by atoms with Crippen LogP contribution in [0.25, 0.3) is 0 Å². The van der Waals surface area contributed by atoms with E-state index in [9.17, 15) is 9.59 Å². The number of thioether (sulfide) groups is 1. The normalized spacial score (nSPS) is 11.5. The molecule has 0 bridgehead atoms. The number of hydrogen-bond acceptors (Lipinski definition) is 6. The Morgan fingerprint density at radius 3 is 2.51 bits per heavy atom. The molecule has 3 aromatic rings. The predicted octanol–water partition coefficient (Wildman–Crippen LogP) is 6.77. The molecule has 184 valence electrons. The summed E-state index contributed by atoms with van der Waals surface area (Å²) in [4.78, 5) is 25.6. The van der Waals surface area contributed by atoms with Gasteiger partial charge < -0.3 is 14.2 Å². The smallest absolute Gasteiger partial charge is 0.316 e. The van der Waals surface area contributed by atoms with E-state index in [1.165, 1.54) is 11.8 Å². The van der Waals surface area contributed by atoms with Gasteiger partial charge in [-0.2, -0.15) is 0 Å². The van der Waals surface area contributed by atoms with Crippen molar-refractivity contribution in [2.45, 2.75) is 38.2 Å². The van der Waals surface area contributed by atoms with Gasteiger partial charge in [-0.05, 0) is 62.7 Å². The summed E-state index contributed by atoms with van der Waals surface area (Å²) in [6.45, 7) is 6.55. The Morgan fingerprint density at radius 2 is 1.80 bits per heavy atom. The van der Waals surface area contributed by atoms with Gasteiger partial charge in [0.1, 0.15) is 11.5 Å². The fourth-order valence-electron chi connectivity index (χ4n) is 3.36. The van der Waals surface area contributed by atoms with Crippen molar-refractivity contribution in [3.05, 3.63) is 88.4 Å². The standard InChI is InChI=1S/C28H29ClO5S/c1-4-32-27(30)18-35-26-13-11-23(16-19(26)2)33-15-14-20(3)34-25-12-10-22(29)17-24(25)28(31)21-8-6-5-7-9-21/h5-13,16-17,20H,4,14-15,18H2,1-3H3. The lowest BCUT2D eigenvalue weighted by atomic mass is 10.0. The second-order valence-corrected chi connectivity index (χ2v) is 9.38. The minimum absolute atomic E-state index is 0.136. The fraction of sp³-hybridized carbons (Fsp3) is 0.286. The van der Waals surface area contributed by atoms with Crippen LogP contribution in [0.2, 0.25) is 5.02 Å². The largest absolute Gasteiger partial charge is 0.493 e. The Hall–Kier alpha value is -2.96. The van der Waals surface area contributed by atoms with Gasteiger partial charge in [-0.3, -0.25) is 9.59 Å². The van der Waals surface area contributed by atoms with Gasteiger partial charge in [0.2, 0.25) is 0 Å². The minimum atomic E-state index is -0.222. The van der Waals surface area contributed by atoms with Crippen molar-refractivity contribution < 1.29 is 23.8 Å². The van der Waals surface area contributed by atoms with Crippen molar-refractivity contribution in [1.29, 1.82) is 0 Å². The molecule has 0 spiro atoms. The lowest BCUT2D eigenvalue weighted by molar-refractivity contribution is -0.139. The predicted molar refractivity (Wildman–Crippen MR) is 140 cm³/mol. The molecule has 5 nitrogen and oxygen atoms in total. The highest BCUT2D eigenvalue weighted by atomic mass is 35.5. The van der Waals surface area contributed by atoms with Gasteiger partial charge in [-0.15, -0.1) is 11.8 Å². The van der Waals surface area contributed by atoms with E-state index in [2.05, 4.69) is 0 Å². The zero-order valence-electron chi connectivity index (χ0n) is 20.1. The van der Waals surface area contributed by atoms with Crippen LogP contribution in [0.1, 0.15) is 41.8 Å². The van der Waals surface area contributed by atoms with E-state index in [1.54, 1.807) is 37.3 Å². The van der Waals surface area contributed by atoms with Crippen molar-refractivity contribution in [3.63, 3.8) is 0 Å². The highest BCUT2D eigenvalue weighted by Gasteiger charge is 2.17. The quantitative estimate of drug-likeness (QED) is 0.151. The van der Waals surface area contributed by atoms with Crippen LogP contribution in [0.3, 0.4) is 0 Å². The lowest BCUT2D eigenvalue weighted by Gasteiger charge is -2.18. The van der Waals surface area contributed by atoms with Crippen LogP contribution >= 0.6 is 23.4 Å². The number of esters is 1. The van der Waals surface area contributed by atoms with Crippen LogP contribution in [0.15, 0.2) is 71.6 Å². The Kier molecular flexibility index (Phi) is 10.1. The minimum Gasteiger partial charge on any atom is -0.493 e. The number of carbonyl (C=O) groups is 2. The summed E-state index contributed by atoms with van der Waals surface area (Å²) >= 11 is 7.61. The van der Waals surface area contributed by atoms with Gasteiger partial charge in [0.05, 0.1) is 30.6 Å². The number of carbonyl (C=O) groups excluding carboxylic acids is 2. The van der Waals surface area contributed by atoms with Crippen LogP contribution in [0, 0.1) is 6.92 Å². The van der Waals surface area contributed by atoms with Crippen molar-refractivity contribution >= 4 is 35.1 Å². The molecular weight excluding hydrogens is 484 g/mol. The third-order valence-electron chi connectivity index (χ3n) is 5.14. The van der Waals surface area contributed by atoms with Crippen LogP contribution in [0.5, 0.6) is 11.5 Å². The number of benzene rings is 3. The second kappa shape index (κ2) is 13.2. The van der Waals surface area contributed by atoms with Gasteiger partial charge in [0, 0.05) is 21.9 Å². The topological polar surface area (TPSA) is 61.8 Å². The van der Waals surface area contributed by atoms with E-state index < -0.39 is 0 Å². The van der Waals surface area contributed by atoms with Crippen LogP contribution in [-0.2, 0) is 9.53 Å². The molecule has 1 atom stereocenters. The van der Waals surface area contributed by atoms with Crippen LogP contribution < -0.4 is 9.47 Å². The first-order valence-corrected chi connectivity index (χ1v) is 12.8. The maximum atomic E-state index is 13.0. The van der Waals surface area contributed by atoms with Crippen molar-refractivity contribution in [3.8, 4) is 11.5 Å². The monoisotopic (exact) mass is 512 g/mol. The zero-order chi connectivity index (χ0) is 25.2. The number of ether oxygens (including phenoxy) is 3. The molecule has 3 rings (SSSR count). The second-order valence-electron chi connectivity index (χ2n) is 7.92. The van der Waals surface area contributed by atoms with Gasteiger partial charge in [0.15, 0.2) is 5.78 Å². The van der Waals surface area contributed by atoms with E-state index >= 15 is 0 Å². The summed E-state index contributed by atoms with van der Waals surface area (Å²) in [7, 11) is 0. The van der Waals surface area contributed by atoms with Crippen molar-refractivity contribution in [1.82, 2.24) is 0 Å². The molecular formula is C28H29ClO5S. The molecule has 1 unspecified atom stereocenters. The molecule has 0 aliphatic rings. The van der Waals surface area contributed by atoms with E-state index in [0.29, 0.717) is 41.5 Å². The average molecular weight is 513 g/mol. The zero-order valence-corrected chi connectivity index (χ0v) is 21.7. The van der Waals surface area contributed by atoms with E-state index in [-0.39, 0.29) is 23.6 Å². The lowest BCUT2D eigenvalue weighted by Crippen LogP contribution is -2.17. The molecule has 35 heavy (non-hydrogen) atoms. The van der Waals surface area contributed by atoms with Crippen molar-refractivity contribution in [2.24, 2.45) is 0 Å². The highest BCUT2D eigenvalue weighted by Crippen LogP contribution is 2.28. The summed E-state index contributed by atoms with van der Waals surface area (Å²) in [5.74, 6) is 1.17. The molecule has 7 heteroatoms. The van der Waals surface area contributed by atoms with E-state index in [4.69, 9.17) is 25.8 Å². The fourth-order valence-corrected chi connectivity index (χ4v) is 4.34. The van der Waals surface area contributed by atoms with E-state index in [1.807, 2.05) is 50.2 Å².